The predicted octanol–water partition coefficient (Wildman–Crippen LogP) is 2.06. The third kappa shape index (κ3) is 1.97. The van der Waals surface area contributed by atoms with Gasteiger partial charge in [0.1, 0.15) is 0 Å². The minimum Gasteiger partial charge on any atom is -0.381 e. The van der Waals surface area contributed by atoms with Crippen molar-refractivity contribution in [1.29, 1.82) is 0 Å². The molecule has 96 valence electrons. The number of ether oxygens (including phenoxy) is 1. The van der Waals surface area contributed by atoms with Crippen LogP contribution in [0.4, 0.5) is 0 Å². The van der Waals surface area contributed by atoms with Crippen LogP contribution in [0.2, 0.25) is 0 Å². The van der Waals surface area contributed by atoms with Gasteiger partial charge in [-0.05, 0) is 37.3 Å². The van der Waals surface area contributed by atoms with E-state index in [0.717, 1.165) is 49.2 Å². The maximum atomic E-state index is 12.0. The van der Waals surface area contributed by atoms with E-state index >= 15 is 0 Å². The SMILES string of the molecule is Cc1cccc2[nH]c(=O)n(CC3CCOCC3)c12. The first-order valence-electron chi connectivity index (χ1n) is 6.51. The summed E-state index contributed by atoms with van der Waals surface area (Å²) in [7, 11) is 0. The zero-order chi connectivity index (χ0) is 12.5. The van der Waals surface area contributed by atoms with Gasteiger partial charge in [-0.15, -0.1) is 0 Å². The highest BCUT2D eigenvalue weighted by Crippen LogP contribution is 2.20. The van der Waals surface area contributed by atoms with Crippen LogP contribution in [0.3, 0.4) is 0 Å². The monoisotopic (exact) mass is 246 g/mol. The largest absolute Gasteiger partial charge is 0.381 e. The summed E-state index contributed by atoms with van der Waals surface area (Å²) in [5.41, 5.74) is 3.14. The number of aromatic nitrogens is 2. The number of hydrogen-bond donors (Lipinski definition) is 1. The van der Waals surface area contributed by atoms with E-state index in [2.05, 4.69) is 18.0 Å². The molecular formula is C14H18N2O2. The lowest BCUT2D eigenvalue weighted by Crippen LogP contribution is -2.26. The quantitative estimate of drug-likeness (QED) is 0.881. The Bertz CT molecular complexity index is 606. The fourth-order valence-corrected chi connectivity index (χ4v) is 2.76. The van der Waals surface area contributed by atoms with Gasteiger partial charge in [0.15, 0.2) is 0 Å². The Labute approximate surface area is 106 Å². The van der Waals surface area contributed by atoms with Crippen molar-refractivity contribution in [3.63, 3.8) is 0 Å². The van der Waals surface area contributed by atoms with Crippen LogP contribution >= 0.6 is 0 Å². The second-order valence-corrected chi connectivity index (χ2v) is 5.07. The Morgan fingerprint density at radius 2 is 2.17 bits per heavy atom. The van der Waals surface area contributed by atoms with Crippen molar-refractivity contribution in [1.82, 2.24) is 9.55 Å². The summed E-state index contributed by atoms with van der Waals surface area (Å²) in [4.78, 5) is 15.0. The summed E-state index contributed by atoms with van der Waals surface area (Å²) in [5.74, 6) is 0.551. The maximum Gasteiger partial charge on any atom is 0.326 e. The van der Waals surface area contributed by atoms with Gasteiger partial charge in [0.2, 0.25) is 0 Å². The smallest absolute Gasteiger partial charge is 0.326 e. The van der Waals surface area contributed by atoms with Crippen LogP contribution in [0.1, 0.15) is 18.4 Å². The summed E-state index contributed by atoms with van der Waals surface area (Å²) >= 11 is 0. The lowest BCUT2D eigenvalue weighted by atomic mass is 10.0. The molecular weight excluding hydrogens is 228 g/mol. The molecule has 1 fully saturated rings. The highest BCUT2D eigenvalue weighted by Gasteiger charge is 2.17. The summed E-state index contributed by atoms with van der Waals surface area (Å²) in [6.45, 7) is 4.49. The molecule has 0 atom stereocenters. The third-order valence-corrected chi connectivity index (χ3v) is 3.78. The lowest BCUT2D eigenvalue weighted by Gasteiger charge is -2.22. The van der Waals surface area contributed by atoms with E-state index in [-0.39, 0.29) is 5.69 Å². The van der Waals surface area contributed by atoms with Gasteiger partial charge in [0, 0.05) is 19.8 Å². The molecule has 1 aliphatic rings. The van der Waals surface area contributed by atoms with E-state index in [4.69, 9.17) is 4.74 Å². The lowest BCUT2D eigenvalue weighted by molar-refractivity contribution is 0.0613. The third-order valence-electron chi connectivity index (χ3n) is 3.78. The van der Waals surface area contributed by atoms with Gasteiger partial charge in [0.05, 0.1) is 11.0 Å². The Morgan fingerprint density at radius 3 is 2.94 bits per heavy atom. The van der Waals surface area contributed by atoms with Crippen LogP contribution < -0.4 is 5.69 Å². The molecule has 3 rings (SSSR count). The number of benzene rings is 1. The minimum absolute atomic E-state index is 0.00536. The van der Waals surface area contributed by atoms with Gasteiger partial charge in [-0.25, -0.2) is 4.79 Å². The van der Waals surface area contributed by atoms with Crippen molar-refractivity contribution in [2.75, 3.05) is 13.2 Å². The van der Waals surface area contributed by atoms with Crippen LogP contribution in [-0.4, -0.2) is 22.8 Å². The normalized spacial score (nSPS) is 17.4. The minimum atomic E-state index is 0.00536. The zero-order valence-electron chi connectivity index (χ0n) is 10.6. The Kier molecular flexibility index (Phi) is 2.96. The average Bonchev–Trinajstić information content (AvgIpc) is 2.69. The van der Waals surface area contributed by atoms with E-state index in [0.29, 0.717) is 5.92 Å². The fraction of sp³-hybridized carbons (Fsp3) is 0.500. The van der Waals surface area contributed by atoms with E-state index in [1.807, 2.05) is 16.7 Å². The Hall–Kier alpha value is -1.55. The molecule has 4 nitrogen and oxygen atoms in total. The Morgan fingerprint density at radius 1 is 1.39 bits per heavy atom. The standard InChI is InChI=1S/C14H18N2O2/c1-10-3-2-4-12-13(10)16(14(17)15-12)9-11-5-7-18-8-6-11/h2-4,11H,5-9H2,1H3,(H,15,17). The summed E-state index contributed by atoms with van der Waals surface area (Å²) < 4.78 is 7.25. The van der Waals surface area contributed by atoms with E-state index < -0.39 is 0 Å². The predicted molar refractivity (Wildman–Crippen MR) is 70.8 cm³/mol. The average molecular weight is 246 g/mol. The number of imidazole rings is 1. The number of nitrogens with one attached hydrogen (secondary N) is 1. The fourth-order valence-electron chi connectivity index (χ4n) is 2.76. The van der Waals surface area contributed by atoms with E-state index in [1.165, 1.54) is 0 Å². The van der Waals surface area contributed by atoms with Crippen LogP contribution in [0.15, 0.2) is 23.0 Å². The van der Waals surface area contributed by atoms with Crippen molar-refractivity contribution in [3.8, 4) is 0 Å². The molecule has 1 aliphatic heterocycles. The van der Waals surface area contributed by atoms with Gasteiger partial charge >= 0.3 is 5.69 Å². The zero-order valence-corrected chi connectivity index (χ0v) is 10.6. The second-order valence-electron chi connectivity index (χ2n) is 5.07. The molecule has 2 aromatic rings. The highest BCUT2D eigenvalue weighted by molar-refractivity contribution is 5.78. The second kappa shape index (κ2) is 4.61. The first kappa shape index (κ1) is 11.5. The molecule has 0 saturated carbocycles. The molecule has 0 bridgehead atoms. The number of rotatable bonds is 2. The molecule has 0 amide bonds. The molecule has 1 saturated heterocycles. The number of nitrogens with zero attached hydrogens (tertiary/aromatic N) is 1. The molecule has 4 heteroatoms. The molecule has 0 spiro atoms. The molecule has 2 heterocycles. The highest BCUT2D eigenvalue weighted by atomic mass is 16.5. The molecule has 0 radical (unpaired) electrons. The summed E-state index contributed by atoms with van der Waals surface area (Å²) in [5, 5.41) is 0. The summed E-state index contributed by atoms with van der Waals surface area (Å²) in [6.07, 6.45) is 2.09. The van der Waals surface area contributed by atoms with Crippen molar-refractivity contribution >= 4 is 11.0 Å². The van der Waals surface area contributed by atoms with Crippen LogP contribution in [0.25, 0.3) is 11.0 Å². The van der Waals surface area contributed by atoms with Crippen LogP contribution in [0.5, 0.6) is 0 Å². The van der Waals surface area contributed by atoms with Crippen molar-refractivity contribution in [3.05, 3.63) is 34.2 Å². The van der Waals surface area contributed by atoms with Gasteiger partial charge in [0.25, 0.3) is 0 Å². The molecule has 0 unspecified atom stereocenters. The van der Waals surface area contributed by atoms with Gasteiger partial charge < -0.3 is 9.72 Å². The number of para-hydroxylation sites is 1. The maximum absolute atomic E-state index is 12.0. The van der Waals surface area contributed by atoms with Gasteiger partial charge in [-0.3, -0.25) is 4.57 Å². The first-order chi connectivity index (χ1) is 8.75. The Balaban J connectivity index is 2.00. The van der Waals surface area contributed by atoms with Crippen molar-refractivity contribution < 1.29 is 4.74 Å². The number of hydrogen-bond acceptors (Lipinski definition) is 2. The van der Waals surface area contributed by atoms with Crippen molar-refractivity contribution in [2.24, 2.45) is 5.92 Å². The van der Waals surface area contributed by atoms with Gasteiger partial charge in [-0.1, -0.05) is 12.1 Å². The molecule has 1 aromatic heterocycles. The van der Waals surface area contributed by atoms with Crippen LogP contribution in [-0.2, 0) is 11.3 Å². The molecule has 1 N–H and O–H groups in total. The first-order valence-corrected chi connectivity index (χ1v) is 6.51. The number of H-pyrrole nitrogens is 1. The molecule has 1 aromatic carbocycles. The molecule has 18 heavy (non-hydrogen) atoms. The summed E-state index contributed by atoms with van der Waals surface area (Å²) in [6, 6.07) is 5.99. The number of aryl methyl sites for hydroxylation is 1. The van der Waals surface area contributed by atoms with E-state index in [9.17, 15) is 4.79 Å². The number of fused-ring (bicyclic) bond motifs is 1. The van der Waals surface area contributed by atoms with Crippen molar-refractivity contribution in [2.45, 2.75) is 26.3 Å². The van der Waals surface area contributed by atoms with Gasteiger partial charge in [-0.2, -0.15) is 0 Å². The topological polar surface area (TPSA) is 47.0 Å². The van der Waals surface area contributed by atoms with Crippen LogP contribution in [0, 0.1) is 12.8 Å². The number of aromatic amines is 1. The van der Waals surface area contributed by atoms with E-state index in [1.54, 1.807) is 0 Å². The molecule has 0 aliphatic carbocycles.